The third-order valence-electron chi connectivity index (χ3n) is 3.18. The molecule has 2 amide bonds. The van der Waals surface area contributed by atoms with Crippen molar-refractivity contribution >= 4 is 29.9 Å². The third kappa shape index (κ3) is 3.20. The van der Waals surface area contributed by atoms with Gasteiger partial charge in [-0.25, -0.2) is 0 Å². The predicted molar refractivity (Wildman–Crippen MR) is 78.4 cm³/mol. The van der Waals surface area contributed by atoms with Crippen molar-refractivity contribution in [3.8, 4) is 5.75 Å². The topological polar surface area (TPSA) is 84.7 Å². The second-order valence-electron chi connectivity index (χ2n) is 4.55. The largest absolute Gasteiger partial charge is 0.482 e. The minimum atomic E-state index is -0.222. The predicted octanol–water partition coefficient (Wildman–Crippen LogP) is 0.859. The Morgan fingerprint density at radius 3 is 2.90 bits per heavy atom. The number of anilines is 1. The van der Waals surface area contributed by atoms with Gasteiger partial charge < -0.3 is 20.7 Å². The van der Waals surface area contributed by atoms with Gasteiger partial charge in [-0.3, -0.25) is 9.59 Å². The molecule has 7 heteroatoms. The summed E-state index contributed by atoms with van der Waals surface area (Å²) in [5, 5.41) is 2.68. The fourth-order valence-corrected chi connectivity index (χ4v) is 1.78. The maximum atomic E-state index is 12.2. The molecule has 6 nitrogen and oxygen atoms in total. The van der Waals surface area contributed by atoms with Crippen LogP contribution in [0.4, 0.5) is 5.69 Å². The molecule has 1 atom stereocenters. The fourth-order valence-electron chi connectivity index (χ4n) is 1.78. The molecule has 2 rings (SSSR count). The van der Waals surface area contributed by atoms with E-state index in [-0.39, 0.29) is 36.9 Å². The zero-order chi connectivity index (χ0) is 14.0. The van der Waals surface area contributed by atoms with E-state index in [2.05, 4.69) is 5.32 Å². The van der Waals surface area contributed by atoms with Crippen LogP contribution in [0, 0.1) is 0 Å². The minimum absolute atomic E-state index is 0. The number of halogens is 1. The number of ether oxygens (including phenoxy) is 1. The van der Waals surface area contributed by atoms with Crippen molar-refractivity contribution in [1.82, 2.24) is 4.90 Å². The lowest BCUT2D eigenvalue weighted by molar-refractivity contribution is -0.118. The highest BCUT2D eigenvalue weighted by Gasteiger charge is 2.20. The zero-order valence-corrected chi connectivity index (χ0v) is 12.2. The van der Waals surface area contributed by atoms with Crippen molar-refractivity contribution in [3.05, 3.63) is 23.8 Å². The standard InChI is InChI=1S/C13H17N3O3.ClH/c1-8(6-14)16(2)13(18)9-3-4-11-10(5-9)15-12(17)7-19-11;/h3-5,8H,6-7,14H2,1-2H3,(H,15,17);1H. The first kappa shape index (κ1) is 16.3. The molecule has 1 heterocycles. The second-order valence-corrected chi connectivity index (χ2v) is 4.55. The summed E-state index contributed by atoms with van der Waals surface area (Å²) in [6, 6.07) is 4.94. The number of nitrogens with two attached hydrogens (primary N) is 1. The van der Waals surface area contributed by atoms with Crippen molar-refractivity contribution in [2.24, 2.45) is 5.73 Å². The van der Waals surface area contributed by atoms with Gasteiger partial charge in [-0.1, -0.05) is 0 Å². The van der Waals surface area contributed by atoms with Gasteiger partial charge in [0.05, 0.1) is 5.69 Å². The number of nitrogens with zero attached hydrogens (tertiary/aromatic N) is 1. The summed E-state index contributed by atoms with van der Waals surface area (Å²) in [6.07, 6.45) is 0. The molecule has 0 fully saturated rings. The van der Waals surface area contributed by atoms with Crippen LogP contribution in [0.2, 0.25) is 0 Å². The van der Waals surface area contributed by atoms with Gasteiger partial charge in [0.1, 0.15) is 5.75 Å². The Labute approximate surface area is 123 Å². The molecule has 0 aliphatic carbocycles. The summed E-state index contributed by atoms with van der Waals surface area (Å²) in [6.45, 7) is 2.28. The number of rotatable bonds is 3. The molecule has 1 aromatic rings. The molecule has 0 saturated carbocycles. The molecule has 0 aromatic heterocycles. The number of nitrogens with one attached hydrogen (secondary N) is 1. The van der Waals surface area contributed by atoms with Crippen LogP contribution in [0.3, 0.4) is 0 Å². The molecule has 1 unspecified atom stereocenters. The van der Waals surface area contributed by atoms with Crippen LogP contribution in [0.1, 0.15) is 17.3 Å². The number of carbonyl (C=O) groups is 2. The van der Waals surface area contributed by atoms with Gasteiger partial charge in [-0.15, -0.1) is 12.4 Å². The molecule has 3 N–H and O–H groups in total. The van der Waals surface area contributed by atoms with E-state index < -0.39 is 0 Å². The fraction of sp³-hybridized carbons (Fsp3) is 0.385. The SMILES string of the molecule is CC(CN)N(C)C(=O)c1ccc2c(c1)NC(=O)CO2.Cl. The quantitative estimate of drug-likeness (QED) is 0.867. The van der Waals surface area contributed by atoms with Crippen LogP contribution < -0.4 is 15.8 Å². The first-order valence-corrected chi connectivity index (χ1v) is 6.07. The van der Waals surface area contributed by atoms with Crippen LogP contribution in [0.15, 0.2) is 18.2 Å². The van der Waals surface area contributed by atoms with Crippen LogP contribution in [-0.2, 0) is 4.79 Å². The third-order valence-corrected chi connectivity index (χ3v) is 3.18. The number of hydrogen-bond acceptors (Lipinski definition) is 4. The summed E-state index contributed by atoms with van der Waals surface area (Å²) < 4.78 is 5.24. The smallest absolute Gasteiger partial charge is 0.262 e. The van der Waals surface area contributed by atoms with Gasteiger partial charge in [0.15, 0.2) is 6.61 Å². The molecule has 0 radical (unpaired) electrons. The number of likely N-dealkylation sites (N-methyl/N-ethyl adjacent to an activating group) is 1. The van der Waals surface area contributed by atoms with Gasteiger partial charge in [0.25, 0.3) is 11.8 Å². The Kier molecular flexibility index (Phi) is 5.35. The number of fused-ring (bicyclic) bond motifs is 1. The van der Waals surface area contributed by atoms with Gasteiger partial charge in [0.2, 0.25) is 0 Å². The average Bonchev–Trinajstić information content (AvgIpc) is 2.43. The second kappa shape index (κ2) is 6.58. The van der Waals surface area contributed by atoms with E-state index in [1.807, 2.05) is 6.92 Å². The summed E-state index contributed by atoms with van der Waals surface area (Å²) >= 11 is 0. The Hall–Kier alpha value is -1.79. The lowest BCUT2D eigenvalue weighted by Gasteiger charge is -2.24. The lowest BCUT2D eigenvalue weighted by Crippen LogP contribution is -2.39. The molecular weight excluding hydrogens is 282 g/mol. The van der Waals surface area contributed by atoms with E-state index in [4.69, 9.17) is 10.5 Å². The number of hydrogen-bond donors (Lipinski definition) is 2. The Bertz CT molecular complexity index is 522. The minimum Gasteiger partial charge on any atom is -0.482 e. The van der Waals surface area contributed by atoms with E-state index in [1.54, 1.807) is 30.1 Å². The van der Waals surface area contributed by atoms with Crippen molar-refractivity contribution in [2.45, 2.75) is 13.0 Å². The van der Waals surface area contributed by atoms with Gasteiger partial charge in [-0.05, 0) is 25.1 Å². The van der Waals surface area contributed by atoms with E-state index in [1.165, 1.54) is 0 Å². The van der Waals surface area contributed by atoms with Crippen LogP contribution in [-0.4, -0.2) is 43.0 Å². The lowest BCUT2D eigenvalue weighted by atomic mass is 10.1. The average molecular weight is 300 g/mol. The number of benzene rings is 1. The summed E-state index contributed by atoms with van der Waals surface area (Å²) in [5.41, 5.74) is 6.56. The molecule has 110 valence electrons. The highest BCUT2D eigenvalue weighted by atomic mass is 35.5. The van der Waals surface area contributed by atoms with Crippen LogP contribution >= 0.6 is 12.4 Å². The van der Waals surface area contributed by atoms with Crippen molar-refractivity contribution in [3.63, 3.8) is 0 Å². The first-order chi connectivity index (χ1) is 9.02. The molecule has 1 aromatic carbocycles. The molecule has 20 heavy (non-hydrogen) atoms. The summed E-state index contributed by atoms with van der Waals surface area (Å²) in [4.78, 5) is 25.1. The maximum absolute atomic E-state index is 12.2. The molecule has 0 saturated heterocycles. The van der Waals surface area contributed by atoms with Gasteiger partial charge in [-0.2, -0.15) is 0 Å². The Balaban J connectivity index is 0.00000200. The van der Waals surface area contributed by atoms with E-state index in [0.29, 0.717) is 23.5 Å². The van der Waals surface area contributed by atoms with Gasteiger partial charge >= 0.3 is 0 Å². The monoisotopic (exact) mass is 299 g/mol. The van der Waals surface area contributed by atoms with Crippen molar-refractivity contribution in [1.29, 1.82) is 0 Å². The Morgan fingerprint density at radius 1 is 1.55 bits per heavy atom. The van der Waals surface area contributed by atoms with E-state index in [0.717, 1.165) is 0 Å². The van der Waals surface area contributed by atoms with E-state index >= 15 is 0 Å². The molecule has 1 aliphatic heterocycles. The summed E-state index contributed by atoms with van der Waals surface area (Å²) in [7, 11) is 1.70. The first-order valence-electron chi connectivity index (χ1n) is 6.07. The number of amides is 2. The highest BCUT2D eigenvalue weighted by Crippen LogP contribution is 2.28. The highest BCUT2D eigenvalue weighted by molar-refractivity contribution is 5.99. The maximum Gasteiger partial charge on any atom is 0.262 e. The molecule has 0 bridgehead atoms. The summed E-state index contributed by atoms with van der Waals surface area (Å²) in [5.74, 6) is 0.215. The van der Waals surface area contributed by atoms with Crippen LogP contribution in [0.25, 0.3) is 0 Å². The van der Waals surface area contributed by atoms with Crippen LogP contribution in [0.5, 0.6) is 5.75 Å². The molecule has 1 aliphatic rings. The molecular formula is C13H18ClN3O3. The molecule has 0 spiro atoms. The number of carbonyl (C=O) groups excluding carboxylic acids is 2. The van der Waals surface area contributed by atoms with Crippen molar-refractivity contribution < 1.29 is 14.3 Å². The normalized spacial score (nSPS) is 14.2. The Morgan fingerprint density at radius 2 is 2.25 bits per heavy atom. The van der Waals surface area contributed by atoms with E-state index in [9.17, 15) is 9.59 Å². The van der Waals surface area contributed by atoms with Gasteiger partial charge in [0, 0.05) is 25.2 Å². The zero-order valence-electron chi connectivity index (χ0n) is 11.4. The van der Waals surface area contributed by atoms with Crippen molar-refractivity contribution in [2.75, 3.05) is 25.5 Å².